The maximum absolute atomic E-state index is 10.5. The van der Waals surface area contributed by atoms with Crippen molar-refractivity contribution in [1.29, 1.82) is 0 Å². The fourth-order valence-electron chi connectivity index (χ4n) is 1.92. The van der Waals surface area contributed by atoms with Gasteiger partial charge >= 0.3 is 0 Å². The summed E-state index contributed by atoms with van der Waals surface area (Å²) in [4.78, 5) is 10.5. The predicted octanol–water partition coefficient (Wildman–Crippen LogP) is -1.32. The van der Waals surface area contributed by atoms with Gasteiger partial charge in [-0.3, -0.25) is 4.79 Å². The standard InChI is InChI=1S/C13H16O7/c14-5-7-1-3-8(4-2-7)19-13-12(18)11(17)10(16)9(6-15)20-13/h1-5,9-13,15-18H,6H2/t9-,10+,11-,12-,13+/m0/s1. The third-order valence-electron chi connectivity index (χ3n) is 3.12. The molecule has 1 aromatic carbocycles. The van der Waals surface area contributed by atoms with E-state index in [0.717, 1.165) is 0 Å². The van der Waals surface area contributed by atoms with Crippen LogP contribution in [0, 0.1) is 0 Å². The number of aliphatic hydroxyl groups excluding tert-OH is 4. The molecule has 1 aromatic rings. The van der Waals surface area contributed by atoms with Crippen LogP contribution in [-0.2, 0) is 4.74 Å². The lowest BCUT2D eigenvalue weighted by Gasteiger charge is -2.39. The Morgan fingerprint density at radius 1 is 1.10 bits per heavy atom. The molecule has 1 saturated heterocycles. The number of ether oxygens (including phenoxy) is 2. The number of rotatable bonds is 4. The number of aldehydes is 1. The van der Waals surface area contributed by atoms with Gasteiger partial charge in [-0.1, -0.05) is 0 Å². The van der Waals surface area contributed by atoms with Crippen molar-refractivity contribution in [3.8, 4) is 5.75 Å². The fraction of sp³-hybridized carbons (Fsp3) is 0.462. The normalized spacial score (nSPS) is 33.7. The van der Waals surface area contributed by atoms with Gasteiger partial charge < -0.3 is 29.9 Å². The summed E-state index contributed by atoms with van der Waals surface area (Å²) in [6, 6.07) is 6.05. The maximum atomic E-state index is 10.5. The highest BCUT2D eigenvalue weighted by molar-refractivity contribution is 5.74. The molecule has 1 heterocycles. The third kappa shape index (κ3) is 2.97. The molecule has 0 amide bonds. The van der Waals surface area contributed by atoms with Crippen LogP contribution >= 0.6 is 0 Å². The molecular weight excluding hydrogens is 268 g/mol. The molecule has 0 aliphatic carbocycles. The van der Waals surface area contributed by atoms with Gasteiger partial charge in [0.15, 0.2) is 0 Å². The van der Waals surface area contributed by atoms with Gasteiger partial charge in [0, 0.05) is 5.56 Å². The Morgan fingerprint density at radius 3 is 2.30 bits per heavy atom. The zero-order chi connectivity index (χ0) is 14.7. The van der Waals surface area contributed by atoms with E-state index < -0.39 is 37.3 Å². The molecule has 20 heavy (non-hydrogen) atoms. The maximum Gasteiger partial charge on any atom is 0.229 e. The Kier molecular flexibility index (Phi) is 4.69. The van der Waals surface area contributed by atoms with E-state index in [9.17, 15) is 20.1 Å². The number of hydrogen-bond donors (Lipinski definition) is 4. The van der Waals surface area contributed by atoms with Gasteiger partial charge in [0.1, 0.15) is 36.5 Å². The summed E-state index contributed by atoms with van der Waals surface area (Å²) in [5.74, 6) is 0.319. The summed E-state index contributed by atoms with van der Waals surface area (Å²) >= 11 is 0. The lowest BCUT2D eigenvalue weighted by atomic mass is 9.99. The first-order chi connectivity index (χ1) is 9.56. The van der Waals surface area contributed by atoms with Crippen molar-refractivity contribution in [2.75, 3.05) is 6.61 Å². The number of carbonyl (C=O) groups is 1. The van der Waals surface area contributed by atoms with Crippen LogP contribution in [0.5, 0.6) is 5.75 Å². The molecular formula is C13H16O7. The van der Waals surface area contributed by atoms with E-state index in [1.54, 1.807) is 0 Å². The van der Waals surface area contributed by atoms with E-state index in [1.807, 2.05) is 0 Å². The SMILES string of the molecule is O=Cc1ccc(O[C@@H]2O[C@@H](CO)[C@@H](O)[C@H](O)[C@@H]2O)cc1. The highest BCUT2D eigenvalue weighted by Crippen LogP contribution is 2.24. The molecule has 2 rings (SSSR count). The minimum Gasteiger partial charge on any atom is -0.462 e. The lowest BCUT2D eigenvalue weighted by Crippen LogP contribution is -2.60. The van der Waals surface area contributed by atoms with Crippen LogP contribution in [0.2, 0.25) is 0 Å². The molecule has 4 N–H and O–H groups in total. The van der Waals surface area contributed by atoms with Crippen molar-refractivity contribution in [3.63, 3.8) is 0 Å². The number of benzene rings is 1. The Balaban J connectivity index is 2.08. The monoisotopic (exact) mass is 284 g/mol. The average Bonchev–Trinajstić information content (AvgIpc) is 2.48. The van der Waals surface area contributed by atoms with Crippen LogP contribution in [-0.4, -0.2) is 64.0 Å². The molecule has 1 aliphatic rings. The molecule has 1 aliphatic heterocycles. The molecule has 0 bridgehead atoms. The highest BCUT2D eigenvalue weighted by Gasteiger charge is 2.44. The van der Waals surface area contributed by atoms with Crippen molar-refractivity contribution in [2.45, 2.75) is 30.7 Å². The topological polar surface area (TPSA) is 116 Å². The van der Waals surface area contributed by atoms with E-state index in [4.69, 9.17) is 14.6 Å². The Hall–Kier alpha value is -1.51. The fourth-order valence-corrected chi connectivity index (χ4v) is 1.92. The Labute approximate surface area is 115 Å². The zero-order valence-electron chi connectivity index (χ0n) is 10.5. The van der Waals surface area contributed by atoms with Gasteiger partial charge in [-0.25, -0.2) is 0 Å². The lowest BCUT2D eigenvalue weighted by molar-refractivity contribution is -0.277. The van der Waals surface area contributed by atoms with Crippen LogP contribution in [0.4, 0.5) is 0 Å². The van der Waals surface area contributed by atoms with Crippen molar-refractivity contribution in [1.82, 2.24) is 0 Å². The zero-order valence-corrected chi connectivity index (χ0v) is 10.5. The second kappa shape index (κ2) is 6.29. The van der Waals surface area contributed by atoms with Gasteiger partial charge in [-0.2, -0.15) is 0 Å². The van der Waals surface area contributed by atoms with Crippen molar-refractivity contribution < 1.29 is 34.7 Å². The van der Waals surface area contributed by atoms with Crippen LogP contribution in [0.25, 0.3) is 0 Å². The van der Waals surface area contributed by atoms with Gasteiger partial charge in [-0.15, -0.1) is 0 Å². The third-order valence-corrected chi connectivity index (χ3v) is 3.12. The molecule has 110 valence electrons. The second-order valence-electron chi connectivity index (χ2n) is 4.50. The minimum atomic E-state index is -1.49. The molecule has 7 heteroatoms. The molecule has 5 atom stereocenters. The Morgan fingerprint density at radius 2 is 1.75 bits per heavy atom. The van der Waals surface area contributed by atoms with Gasteiger partial charge in [0.2, 0.25) is 6.29 Å². The predicted molar refractivity (Wildman–Crippen MR) is 66.2 cm³/mol. The molecule has 1 fully saturated rings. The summed E-state index contributed by atoms with van der Waals surface area (Å²) in [6.45, 7) is -0.519. The largest absolute Gasteiger partial charge is 0.462 e. The summed E-state index contributed by atoms with van der Waals surface area (Å²) in [5.41, 5.74) is 0.464. The summed E-state index contributed by atoms with van der Waals surface area (Å²) in [5, 5.41) is 38.1. The van der Waals surface area contributed by atoms with Crippen LogP contribution in [0.15, 0.2) is 24.3 Å². The summed E-state index contributed by atoms with van der Waals surface area (Å²) in [7, 11) is 0. The van der Waals surface area contributed by atoms with Crippen molar-refractivity contribution in [3.05, 3.63) is 29.8 Å². The van der Waals surface area contributed by atoms with Gasteiger partial charge in [0.05, 0.1) is 6.61 Å². The summed E-state index contributed by atoms with van der Waals surface area (Å²) in [6.07, 6.45) is -5.94. The molecule has 0 saturated carbocycles. The van der Waals surface area contributed by atoms with E-state index in [1.165, 1.54) is 24.3 Å². The average molecular weight is 284 g/mol. The van der Waals surface area contributed by atoms with E-state index in [0.29, 0.717) is 17.6 Å². The molecule has 0 aromatic heterocycles. The first-order valence-corrected chi connectivity index (χ1v) is 6.09. The number of aliphatic hydroxyl groups is 4. The van der Waals surface area contributed by atoms with Crippen LogP contribution < -0.4 is 4.74 Å². The first kappa shape index (κ1) is 14.9. The van der Waals surface area contributed by atoms with Crippen molar-refractivity contribution in [2.24, 2.45) is 0 Å². The first-order valence-electron chi connectivity index (χ1n) is 6.09. The van der Waals surface area contributed by atoms with Crippen LogP contribution in [0.3, 0.4) is 0 Å². The number of hydrogen-bond acceptors (Lipinski definition) is 7. The Bertz CT molecular complexity index is 445. The smallest absolute Gasteiger partial charge is 0.229 e. The molecule has 0 radical (unpaired) electrons. The number of carbonyl (C=O) groups excluding carboxylic acids is 1. The molecule has 0 spiro atoms. The van der Waals surface area contributed by atoms with E-state index in [-0.39, 0.29) is 0 Å². The van der Waals surface area contributed by atoms with Crippen LogP contribution in [0.1, 0.15) is 10.4 Å². The van der Waals surface area contributed by atoms with E-state index in [2.05, 4.69) is 0 Å². The van der Waals surface area contributed by atoms with E-state index >= 15 is 0 Å². The highest BCUT2D eigenvalue weighted by atomic mass is 16.7. The summed E-state index contributed by atoms with van der Waals surface area (Å²) < 4.78 is 10.5. The quantitative estimate of drug-likeness (QED) is 0.507. The van der Waals surface area contributed by atoms with Gasteiger partial charge in [-0.05, 0) is 24.3 Å². The van der Waals surface area contributed by atoms with Crippen molar-refractivity contribution >= 4 is 6.29 Å². The second-order valence-corrected chi connectivity index (χ2v) is 4.50. The molecule has 0 unspecified atom stereocenters. The molecule has 7 nitrogen and oxygen atoms in total. The minimum absolute atomic E-state index is 0.319. The van der Waals surface area contributed by atoms with Gasteiger partial charge in [0.25, 0.3) is 0 Å².